The fourth-order valence-corrected chi connectivity index (χ4v) is 6.78. The van der Waals surface area contributed by atoms with Gasteiger partial charge in [0.1, 0.15) is 5.75 Å². The van der Waals surface area contributed by atoms with E-state index in [9.17, 15) is 19.8 Å². The van der Waals surface area contributed by atoms with Crippen LogP contribution in [0.15, 0.2) is 102 Å². The molecule has 11 nitrogen and oxygen atoms in total. The number of anilines is 1. The number of aromatic nitrogens is 4. The van der Waals surface area contributed by atoms with E-state index in [1.807, 2.05) is 30.3 Å². The third-order valence-corrected chi connectivity index (χ3v) is 9.24. The lowest BCUT2D eigenvalue weighted by Gasteiger charge is -2.41. The zero-order valence-corrected chi connectivity index (χ0v) is 25.4. The number of ether oxygens (including phenoxy) is 2. The standard InChI is InChI=1S/C34H29N5O6S/c1-20-29(19-46-34-35-36-37-39(34)24-13-15-26(41)16-14-24)44-33(45-30(20)22-11-9-21(18-40)10-12-22)23-5-4-6-25(17-23)38-31(42)27-7-2-3-8-28(27)32(38)43/h2-17,20,29-30,33,40-41H,18-19H2,1H3. The van der Waals surface area contributed by atoms with E-state index in [0.29, 0.717) is 39.0 Å². The summed E-state index contributed by atoms with van der Waals surface area (Å²) in [5.41, 5.74) is 4.25. The summed E-state index contributed by atoms with van der Waals surface area (Å²) in [6.07, 6.45) is -1.50. The summed E-state index contributed by atoms with van der Waals surface area (Å²) < 4.78 is 14.8. The highest BCUT2D eigenvalue weighted by atomic mass is 32.2. The maximum Gasteiger partial charge on any atom is 0.266 e. The minimum Gasteiger partial charge on any atom is -0.508 e. The number of phenols is 1. The predicted molar refractivity (Wildman–Crippen MR) is 169 cm³/mol. The van der Waals surface area contributed by atoms with Gasteiger partial charge in [0.15, 0.2) is 6.29 Å². The number of benzene rings is 4. The molecular weight excluding hydrogens is 606 g/mol. The van der Waals surface area contributed by atoms with Gasteiger partial charge in [-0.1, -0.05) is 67.2 Å². The van der Waals surface area contributed by atoms with Crippen molar-refractivity contribution in [1.82, 2.24) is 20.2 Å². The monoisotopic (exact) mass is 635 g/mol. The lowest BCUT2D eigenvalue weighted by molar-refractivity contribution is -0.268. The molecule has 3 heterocycles. The number of tetrazole rings is 1. The highest BCUT2D eigenvalue weighted by Crippen LogP contribution is 2.43. The van der Waals surface area contributed by atoms with Crippen molar-refractivity contribution in [3.05, 3.63) is 125 Å². The van der Waals surface area contributed by atoms with E-state index in [-0.39, 0.29) is 42.3 Å². The third-order valence-electron chi connectivity index (χ3n) is 8.23. The van der Waals surface area contributed by atoms with Gasteiger partial charge in [-0.2, -0.15) is 4.68 Å². The average molecular weight is 636 g/mol. The molecule has 1 saturated heterocycles. The van der Waals surface area contributed by atoms with Crippen molar-refractivity contribution in [3.63, 3.8) is 0 Å². The van der Waals surface area contributed by atoms with Crippen LogP contribution in [0.3, 0.4) is 0 Å². The molecule has 7 rings (SSSR count). The number of carbonyl (C=O) groups excluding carboxylic acids is 2. The average Bonchev–Trinajstić information content (AvgIpc) is 3.66. The number of aliphatic hydroxyl groups is 1. The quantitative estimate of drug-likeness (QED) is 0.172. The summed E-state index contributed by atoms with van der Waals surface area (Å²) in [4.78, 5) is 27.6. The van der Waals surface area contributed by atoms with Gasteiger partial charge in [0.05, 0.1) is 41.3 Å². The molecule has 5 aromatic rings. The summed E-state index contributed by atoms with van der Waals surface area (Å²) in [6.45, 7) is 2.00. The second kappa shape index (κ2) is 12.5. The molecule has 2 aliphatic heterocycles. The normalized spacial score (nSPS) is 21.0. The Morgan fingerprint density at radius 3 is 2.24 bits per heavy atom. The molecule has 46 heavy (non-hydrogen) atoms. The Morgan fingerprint density at radius 1 is 0.826 bits per heavy atom. The van der Waals surface area contributed by atoms with Gasteiger partial charge in [0, 0.05) is 17.2 Å². The SMILES string of the molecule is CC1C(CSc2nnnn2-c2ccc(O)cc2)OC(c2cccc(N3C(=O)c4ccccc4C3=O)c2)OC1c1ccc(CO)cc1. The third kappa shape index (κ3) is 5.56. The maximum absolute atomic E-state index is 13.2. The molecule has 0 aliphatic carbocycles. The molecule has 12 heteroatoms. The van der Waals surface area contributed by atoms with Gasteiger partial charge < -0.3 is 19.7 Å². The van der Waals surface area contributed by atoms with Gasteiger partial charge in [-0.05, 0) is 70.1 Å². The van der Waals surface area contributed by atoms with Gasteiger partial charge in [0.2, 0.25) is 5.16 Å². The van der Waals surface area contributed by atoms with Crippen LogP contribution in [0.25, 0.3) is 5.69 Å². The van der Waals surface area contributed by atoms with Crippen molar-refractivity contribution < 1.29 is 29.3 Å². The van der Waals surface area contributed by atoms with Crippen molar-refractivity contribution >= 4 is 29.3 Å². The van der Waals surface area contributed by atoms with E-state index >= 15 is 0 Å². The van der Waals surface area contributed by atoms with Crippen molar-refractivity contribution in [3.8, 4) is 11.4 Å². The number of thioether (sulfide) groups is 1. The first-order chi connectivity index (χ1) is 22.4. The molecule has 1 aromatic heterocycles. The first-order valence-corrected chi connectivity index (χ1v) is 15.7. The molecular formula is C34H29N5O6S. The van der Waals surface area contributed by atoms with Gasteiger partial charge in [0.25, 0.3) is 11.8 Å². The molecule has 0 saturated carbocycles. The number of amides is 2. The second-order valence-electron chi connectivity index (χ2n) is 11.1. The lowest BCUT2D eigenvalue weighted by atomic mass is 9.91. The number of hydrogen-bond acceptors (Lipinski definition) is 10. The topological polar surface area (TPSA) is 140 Å². The minimum absolute atomic E-state index is 0.0628. The highest BCUT2D eigenvalue weighted by Gasteiger charge is 2.40. The number of aromatic hydroxyl groups is 1. The fourth-order valence-electron chi connectivity index (χ4n) is 5.73. The van der Waals surface area contributed by atoms with Crippen molar-refractivity contribution in [2.75, 3.05) is 10.7 Å². The summed E-state index contributed by atoms with van der Waals surface area (Å²) in [7, 11) is 0. The molecule has 0 bridgehead atoms. The Hall–Kier alpha value is -4.88. The Kier molecular flexibility index (Phi) is 8.09. The van der Waals surface area contributed by atoms with Crippen molar-refractivity contribution in [2.24, 2.45) is 5.92 Å². The number of aliphatic hydroxyl groups excluding tert-OH is 1. The van der Waals surface area contributed by atoms with E-state index in [0.717, 1.165) is 11.1 Å². The van der Waals surface area contributed by atoms with Crippen molar-refractivity contribution in [1.29, 1.82) is 0 Å². The number of imide groups is 1. The molecule has 232 valence electrons. The summed E-state index contributed by atoms with van der Waals surface area (Å²) in [6, 6.07) is 28.1. The molecule has 0 radical (unpaired) electrons. The molecule has 2 aliphatic rings. The fraction of sp³-hybridized carbons (Fsp3) is 0.206. The van der Waals surface area contributed by atoms with Crippen LogP contribution in [-0.2, 0) is 16.1 Å². The number of phenolic OH excluding ortho intramolecular Hbond substituents is 1. The molecule has 4 atom stereocenters. The zero-order chi connectivity index (χ0) is 31.8. The molecule has 2 N–H and O–H groups in total. The number of carbonyl (C=O) groups is 2. The number of rotatable bonds is 8. The first-order valence-electron chi connectivity index (χ1n) is 14.7. The van der Waals surface area contributed by atoms with Gasteiger partial charge >= 0.3 is 0 Å². The molecule has 2 amide bonds. The maximum atomic E-state index is 13.2. The second-order valence-corrected chi connectivity index (χ2v) is 12.1. The van der Waals surface area contributed by atoms with Crippen LogP contribution >= 0.6 is 11.8 Å². The lowest BCUT2D eigenvalue weighted by Crippen LogP contribution is -2.38. The van der Waals surface area contributed by atoms with Crippen molar-refractivity contribution in [2.45, 2.75) is 37.2 Å². The van der Waals surface area contributed by atoms with Gasteiger partial charge in [-0.15, -0.1) is 5.10 Å². The predicted octanol–water partition coefficient (Wildman–Crippen LogP) is 5.24. The van der Waals surface area contributed by atoms with E-state index < -0.39 is 6.29 Å². The summed E-state index contributed by atoms with van der Waals surface area (Å²) in [5.74, 6) is -0.213. The zero-order valence-electron chi connectivity index (χ0n) is 24.6. The summed E-state index contributed by atoms with van der Waals surface area (Å²) in [5, 5.41) is 32.0. The first kappa shape index (κ1) is 29.8. The van der Waals surface area contributed by atoms with Crippen LogP contribution in [0.5, 0.6) is 5.75 Å². The number of hydrogen-bond donors (Lipinski definition) is 2. The molecule has 1 fully saturated rings. The van der Waals surface area contributed by atoms with E-state index in [2.05, 4.69) is 22.4 Å². The van der Waals surface area contributed by atoms with Crippen LogP contribution in [0.1, 0.15) is 56.7 Å². The number of nitrogens with zero attached hydrogens (tertiary/aromatic N) is 5. The minimum atomic E-state index is -0.812. The van der Waals surface area contributed by atoms with E-state index in [1.165, 1.54) is 16.7 Å². The summed E-state index contributed by atoms with van der Waals surface area (Å²) >= 11 is 1.43. The number of fused-ring (bicyclic) bond motifs is 1. The van der Waals surface area contributed by atoms with Crippen LogP contribution in [-0.4, -0.2) is 54.1 Å². The van der Waals surface area contributed by atoms with Crippen LogP contribution in [0, 0.1) is 5.92 Å². The van der Waals surface area contributed by atoms with Crippen LogP contribution < -0.4 is 4.90 Å². The Morgan fingerprint density at radius 2 is 1.54 bits per heavy atom. The smallest absolute Gasteiger partial charge is 0.266 e. The Balaban J connectivity index is 1.18. The Labute approximate surface area is 268 Å². The molecule has 4 unspecified atom stereocenters. The van der Waals surface area contributed by atoms with Crippen LogP contribution in [0.4, 0.5) is 5.69 Å². The van der Waals surface area contributed by atoms with Crippen LogP contribution in [0.2, 0.25) is 0 Å². The van der Waals surface area contributed by atoms with Gasteiger partial charge in [-0.25, -0.2) is 4.90 Å². The molecule has 4 aromatic carbocycles. The highest BCUT2D eigenvalue weighted by molar-refractivity contribution is 7.99. The van der Waals surface area contributed by atoms with E-state index in [1.54, 1.807) is 71.4 Å². The van der Waals surface area contributed by atoms with Gasteiger partial charge in [-0.3, -0.25) is 9.59 Å². The molecule has 0 spiro atoms. The van der Waals surface area contributed by atoms with E-state index in [4.69, 9.17) is 9.47 Å². The Bertz CT molecular complexity index is 1860. The largest absolute Gasteiger partial charge is 0.508 e.